The molecule has 1 saturated heterocycles. The summed E-state index contributed by atoms with van der Waals surface area (Å²) in [6, 6.07) is 5.94. The number of aryl methyl sites for hydroxylation is 2. The number of nitrogens with two attached hydrogens (primary N) is 1. The lowest BCUT2D eigenvalue weighted by molar-refractivity contribution is 0.0959. The maximum Gasteiger partial charge on any atom is 0.261 e. The third kappa shape index (κ3) is 5.58. The number of rotatable bonds is 9. The van der Waals surface area contributed by atoms with Gasteiger partial charge >= 0.3 is 0 Å². The van der Waals surface area contributed by atoms with Crippen LogP contribution in [0.4, 0.5) is 0 Å². The lowest BCUT2D eigenvalue weighted by Crippen LogP contribution is -2.44. The fourth-order valence-electron chi connectivity index (χ4n) is 6.27. The van der Waals surface area contributed by atoms with Crippen LogP contribution in [0.1, 0.15) is 73.8 Å². The van der Waals surface area contributed by atoms with Gasteiger partial charge in [-0.05, 0) is 68.7 Å². The van der Waals surface area contributed by atoms with Crippen LogP contribution in [-0.2, 0) is 18.3 Å². The predicted molar refractivity (Wildman–Crippen MR) is 166 cm³/mol. The second-order valence-electron chi connectivity index (χ2n) is 11.1. The molecule has 6 N–H and O–H groups in total. The number of thiophene rings is 2. The van der Waals surface area contributed by atoms with Gasteiger partial charge in [0.1, 0.15) is 6.04 Å². The number of hydrogen-bond acceptors (Lipinski definition) is 9. The Kier molecular flexibility index (Phi) is 9.50. The molecule has 1 aliphatic heterocycles. The summed E-state index contributed by atoms with van der Waals surface area (Å²) in [6.07, 6.45) is 2.51. The molecule has 2 aromatic heterocycles. The Labute approximate surface area is 254 Å². The van der Waals surface area contributed by atoms with Gasteiger partial charge in [0.2, 0.25) is 0 Å². The average Bonchev–Trinajstić information content (AvgIpc) is 3.67. The Bertz CT molecular complexity index is 1390. The van der Waals surface area contributed by atoms with Crippen molar-refractivity contribution < 1.29 is 9.59 Å². The SMILES string of the molecule is C=C(CN[C@H](C)CC1(C(=N)/N=N\N)c2cc(C(=O)NC)sc2CCc2sc(C(=O)NC)cc21)N1C(C#N)C[C@H](C)C1C. The van der Waals surface area contributed by atoms with Crippen molar-refractivity contribution in [1.29, 1.82) is 10.7 Å². The van der Waals surface area contributed by atoms with Gasteiger partial charge in [0.15, 0.2) is 5.84 Å². The largest absolute Gasteiger partial charge is 0.355 e. The zero-order chi connectivity index (χ0) is 30.8. The van der Waals surface area contributed by atoms with Crippen molar-refractivity contribution in [3.63, 3.8) is 0 Å². The molecular formula is C29H39N9O2S2. The first-order valence-corrected chi connectivity index (χ1v) is 15.6. The first-order valence-electron chi connectivity index (χ1n) is 14.0. The number of likely N-dealkylation sites (tertiary alicyclic amines) is 1. The number of fused-ring (bicyclic) bond motifs is 2. The Morgan fingerprint density at radius 1 is 1.19 bits per heavy atom. The molecule has 1 fully saturated rings. The number of hydrogen-bond donors (Lipinski definition) is 5. The van der Waals surface area contributed by atoms with E-state index in [2.05, 4.69) is 57.7 Å². The van der Waals surface area contributed by atoms with Gasteiger partial charge in [-0.3, -0.25) is 15.0 Å². The summed E-state index contributed by atoms with van der Waals surface area (Å²) < 4.78 is 0. The minimum atomic E-state index is -1.12. The minimum Gasteiger partial charge on any atom is -0.355 e. The van der Waals surface area contributed by atoms with Crippen LogP contribution in [0.15, 0.2) is 34.7 Å². The van der Waals surface area contributed by atoms with E-state index in [9.17, 15) is 20.3 Å². The van der Waals surface area contributed by atoms with Crippen molar-refractivity contribution in [1.82, 2.24) is 20.9 Å². The fourth-order valence-corrected chi connectivity index (χ4v) is 8.64. The number of amidine groups is 1. The highest BCUT2D eigenvalue weighted by atomic mass is 32.1. The van der Waals surface area contributed by atoms with Crippen molar-refractivity contribution >= 4 is 40.3 Å². The molecule has 4 rings (SSSR count). The van der Waals surface area contributed by atoms with Crippen molar-refractivity contribution in [3.8, 4) is 6.07 Å². The number of carbonyl (C=O) groups is 2. The Balaban J connectivity index is 1.77. The summed E-state index contributed by atoms with van der Waals surface area (Å²) in [6.45, 7) is 11.1. The van der Waals surface area contributed by atoms with E-state index in [1.54, 1.807) is 14.1 Å². The Hall–Kier alpha value is -3.60. The van der Waals surface area contributed by atoms with Gasteiger partial charge in [-0.2, -0.15) is 5.26 Å². The van der Waals surface area contributed by atoms with Crippen LogP contribution in [0, 0.1) is 22.7 Å². The van der Waals surface area contributed by atoms with Crippen LogP contribution in [0.2, 0.25) is 0 Å². The van der Waals surface area contributed by atoms with Gasteiger partial charge in [-0.25, -0.2) is 0 Å². The molecule has 0 radical (unpaired) electrons. The van der Waals surface area contributed by atoms with Crippen LogP contribution in [0.25, 0.3) is 0 Å². The molecule has 2 aromatic rings. The van der Waals surface area contributed by atoms with Crippen LogP contribution < -0.4 is 21.8 Å². The van der Waals surface area contributed by atoms with E-state index >= 15 is 0 Å². The smallest absolute Gasteiger partial charge is 0.261 e. The zero-order valence-corrected chi connectivity index (χ0v) is 26.3. The molecule has 0 spiro atoms. The zero-order valence-electron chi connectivity index (χ0n) is 24.7. The second-order valence-corrected chi connectivity index (χ2v) is 13.4. The third-order valence-corrected chi connectivity index (χ3v) is 10.9. The standard InChI is InChI=1S/C29H39N9O2S2/c1-15-9-19(13-30)38(18(15)4)17(3)14-35-16(2)12-29(28(31)36-37-32)20-10-24(26(39)33-5)41-22(20)7-8-23-21(29)11-25(42-23)27(40)34-6/h10-11,15-16,18-19,35H,3,7-9,12,14H2,1-2,4-6H3,(H,33,39)(H,34,40)(H3,31,32,36)/t15-,16+,18?,19?/m0/s1. The van der Waals surface area contributed by atoms with E-state index in [1.807, 2.05) is 19.1 Å². The van der Waals surface area contributed by atoms with Crippen molar-refractivity contribution in [3.05, 3.63) is 55.0 Å². The van der Waals surface area contributed by atoms with Gasteiger partial charge in [-0.1, -0.05) is 18.7 Å². The fraction of sp³-hybridized carbons (Fsp3) is 0.517. The maximum absolute atomic E-state index is 12.7. The van der Waals surface area contributed by atoms with Crippen molar-refractivity contribution in [2.75, 3.05) is 20.6 Å². The predicted octanol–water partition coefficient (Wildman–Crippen LogP) is 3.72. The van der Waals surface area contributed by atoms with Gasteiger partial charge in [0.25, 0.3) is 11.8 Å². The van der Waals surface area contributed by atoms with Crippen LogP contribution in [-0.4, -0.2) is 61.3 Å². The summed E-state index contributed by atoms with van der Waals surface area (Å²) in [5.41, 5.74) is 1.34. The molecular weight excluding hydrogens is 571 g/mol. The molecule has 42 heavy (non-hydrogen) atoms. The van der Waals surface area contributed by atoms with Gasteiger partial charge in [0.05, 0.1) is 21.2 Å². The average molecular weight is 610 g/mol. The van der Waals surface area contributed by atoms with Gasteiger partial charge in [0, 0.05) is 48.2 Å². The highest BCUT2D eigenvalue weighted by Crippen LogP contribution is 2.49. The molecule has 2 unspecified atom stereocenters. The van der Waals surface area contributed by atoms with Crippen LogP contribution in [0.3, 0.4) is 0 Å². The Morgan fingerprint density at radius 2 is 1.74 bits per heavy atom. The molecule has 0 bridgehead atoms. The molecule has 224 valence electrons. The first-order chi connectivity index (χ1) is 20.0. The molecule has 11 nitrogen and oxygen atoms in total. The number of nitrogens with zero attached hydrogens (tertiary/aromatic N) is 4. The summed E-state index contributed by atoms with van der Waals surface area (Å²) in [7, 11) is 3.19. The van der Waals surface area contributed by atoms with Crippen LogP contribution >= 0.6 is 22.7 Å². The van der Waals surface area contributed by atoms with E-state index in [-0.39, 0.29) is 35.8 Å². The van der Waals surface area contributed by atoms with Gasteiger partial charge in [-0.15, -0.1) is 27.8 Å². The maximum atomic E-state index is 12.7. The third-order valence-electron chi connectivity index (χ3n) is 8.55. The molecule has 1 aliphatic carbocycles. The van der Waals surface area contributed by atoms with E-state index in [1.165, 1.54) is 22.7 Å². The number of carbonyl (C=O) groups excluding carboxylic acids is 2. The first kappa shape index (κ1) is 31.3. The monoisotopic (exact) mass is 609 g/mol. The summed E-state index contributed by atoms with van der Waals surface area (Å²) in [5.74, 6) is 5.44. The number of amides is 2. The molecule has 3 heterocycles. The van der Waals surface area contributed by atoms with E-state index < -0.39 is 5.41 Å². The molecule has 0 saturated carbocycles. The highest BCUT2D eigenvalue weighted by Gasteiger charge is 2.47. The van der Waals surface area contributed by atoms with E-state index in [0.29, 0.717) is 41.5 Å². The number of nitrogens with one attached hydrogen (secondary N) is 4. The Morgan fingerprint density at radius 3 is 2.21 bits per heavy atom. The summed E-state index contributed by atoms with van der Waals surface area (Å²) >= 11 is 2.83. The highest BCUT2D eigenvalue weighted by molar-refractivity contribution is 7.15. The lowest BCUT2D eigenvalue weighted by atomic mass is 9.70. The minimum absolute atomic E-state index is 0.0593. The molecule has 13 heteroatoms. The summed E-state index contributed by atoms with van der Waals surface area (Å²) in [4.78, 5) is 30.6. The van der Waals surface area contributed by atoms with Gasteiger partial charge < -0.3 is 26.7 Å². The number of nitriles is 1. The lowest BCUT2D eigenvalue weighted by Gasteiger charge is -2.36. The van der Waals surface area contributed by atoms with Crippen molar-refractivity contribution in [2.24, 2.45) is 22.1 Å². The van der Waals surface area contributed by atoms with Crippen LogP contribution in [0.5, 0.6) is 0 Å². The molecule has 0 aromatic carbocycles. The summed E-state index contributed by atoms with van der Waals surface area (Å²) in [5, 5.41) is 35.5. The molecule has 2 amide bonds. The van der Waals surface area contributed by atoms with E-state index in [0.717, 1.165) is 33.0 Å². The van der Waals surface area contributed by atoms with E-state index in [4.69, 9.17) is 5.84 Å². The molecule has 4 atom stereocenters. The normalized spacial score (nSPS) is 21.6. The van der Waals surface area contributed by atoms with Crippen molar-refractivity contribution in [2.45, 2.75) is 70.0 Å². The quantitative estimate of drug-likeness (QED) is 0.0953. The molecule has 2 aliphatic rings. The second kappa shape index (κ2) is 12.7. The topological polar surface area (TPSA) is 172 Å².